The van der Waals surface area contributed by atoms with E-state index in [0.29, 0.717) is 24.2 Å². The molecule has 1 aromatic carbocycles. The highest BCUT2D eigenvalue weighted by atomic mass is 16.3. The molecule has 0 unspecified atom stereocenters. The fraction of sp³-hybridized carbons (Fsp3) is 0.333. The molecule has 2 aromatic rings. The zero-order chi connectivity index (χ0) is 17.3. The Labute approximate surface area is 140 Å². The third kappa shape index (κ3) is 2.59. The van der Waals surface area contributed by atoms with Crippen molar-refractivity contribution in [2.75, 3.05) is 20.2 Å². The molecule has 24 heavy (non-hydrogen) atoms. The number of carbonyl (C=O) groups is 2. The second kappa shape index (κ2) is 6.49. The zero-order valence-electron chi connectivity index (χ0n) is 13.9. The molecule has 6 heteroatoms. The van der Waals surface area contributed by atoms with Crippen molar-refractivity contribution in [3.05, 3.63) is 41.7 Å². The Morgan fingerprint density at radius 2 is 1.83 bits per heavy atom. The minimum absolute atomic E-state index is 0.115. The summed E-state index contributed by atoms with van der Waals surface area (Å²) in [7, 11) is 3.42. The molecular formula is C18H21N3O3. The Morgan fingerprint density at radius 1 is 1.08 bits per heavy atom. The molecule has 0 saturated carbocycles. The summed E-state index contributed by atoms with van der Waals surface area (Å²) in [6, 6.07) is 7.81. The van der Waals surface area contributed by atoms with E-state index in [0.717, 1.165) is 27.8 Å². The van der Waals surface area contributed by atoms with Crippen molar-refractivity contribution >= 4 is 28.3 Å². The molecule has 126 valence electrons. The van der Waals surface area contributed by atoms with Crippen molar-refractivity contribution in [1.82, 2.24) is 14.8 Å². The Hall–Kier alpha value is -2.60. The monoisotopic (exact) mass is 327 g/mol. The molecule has 1 aliphatic heterocycles. The molecule has 2 heterocycles. The summed E-state index contributed by atoms with van der Waals surface area (Å²) < 4.78 is 1.96. The molecule has 0 spiro atoms. The van der Waals surface area contributed by atoms with Gasteiger partial charge >= 0.3 is 0 Å². The lowest BCUT2D eigenvalue weighted by Crippen LogP contribution is -2.30. The van der Waals surface area contributed by atoms with Crippen LogP contribution in [0.2, 0.25) is 0 Å². The number of likely N-dealkylation sites (N-methyl/N-ethyl adjacent to an activating group) is 1. The standard InChI is InChI=1S/C18H21N3O3/c1-20-11-13(12-7-3-4-8-14(12)20)15-16(19-9-5-6-10-22)18(24)21(2)17(15)23/h3-4,7-8,11,19,22H,5-6,9-10H2,1-2H3. The second-order valence-corrected chi connectivity index (χ2v) is 5.95. The molecule has 0 bridgehead atoms. The molecule has 6 nitrogen and oxygen atoms in total. The zero-order valence-corrected chi connectivity index (χ0v) is 13.9. The largest absolute Gasteiger partial charge is 0.396 e. The normalized spacial score (nSPS) is 15.0. The van der Waals surface area contributed by atoms with Gasteiger partial charge in [0.05, 0.1) is 5.57 Å². The number of imide groups is 1. The van der Waals surface area contributed by atoms with Gasteiger partial charge in [-0.15, -0.1) is 0 Å². The minimum atomic E-state index is -0.313. The number of benzene rings is 1. The van der Waals surface area contributed by atoms with Gasteiger partial charge in [-0.1, -0.05) is 18.2 Å². The van der Waals surface area contributed by atoms with E-state index in [2.05, 4.69) is 5.32 Å². The van der Waals surface area contributed by atoms with Gasteiger partial charge in [0.15, 0.2) is 0 Å². The van der Waals surface area contributed by atoms with Crippen molar-refractivity contribution in [2.45, 2.75) is 12.8 Å². The van der Waals surface area contributed by atoms with Crippen LogP contribution in [0.3, 0.4) is 0 Å². The Morgan fingerprint density at radius 3 is 2.58 bits per heavy atom. The predicted molar refractivity (Wildman–Crippen MR) is 91.9 cm³/mol. The Balaban J connectivity index is 2.07. The number of carbonyl (C=O) groups excluding carboxylic acids is 2. The summed E-state index contributed by atoms with van der Waals surface area (Å²) in [6.45, 7) is 0.653. The van der Waals surface area contributed by atoms with Crippen molar-refractivity contribution in [3.8, 4) is 0 Å². The van der Waals surface area contributed by atoms with Crippen LogP contribution in [0.25, 0.3) is 16.5 Å². The van der Waals surface area contributed by atoms with Gasteiger partial charge in [0, 0.05) is 49.9 Å². The van der Waals surface area contributed by atoms with E-state index in [1.807, 2.05) is 42.1 Å². The van der Waals surface area contributed by atoms with Gasteiger partial charge in [0.25, 0.3) is 11.8 Å². The lowest BCUT2D eigenvalue weighted by atomic mass is 10.0. The number of nitrogens with one attached hydrogen (secondary N) is 1. The van der Waals surface area contributed by atoms with Gasteiger partial charge in [-0.3, -0.25) is 14.5 Å². The number of aliphatic hydroxyl groups is 1. The van der Waals surface area contributed by atoms with Crippen LogP contribution >= 0.6 is 0 Å². The average molecular weight is 327 g/mol. The van der Waals surface area contributed by atoms with Gasteiger partial charge in [0.1, 0.15) is 5.70 Å². The van der Waals surface area contributed by atoms with Crippen LogP contribution in [0.1, 0.15) is 18.4 Å². The van der Waals surface area contributed by atoms with Crippen LogP contribution in [0.5, 0.6) is 0 Å². The predicted octanol–water partition coefficient (Wildman–Crippen LogP) is 1.25. The van der Waals surface area contributed by atoms with Crippen molar-refractivity contribution in [3.63, 3.8) is 0 Å². The van der Waals surface area contributed by atoms with Crippen LogP contribution in [0.15, 0.2) is 36.2 Å². The van der Waals surface area contributed by atoms with Crippen LogP contribution in [0, 0.1) is 0 Å². The number of nitrogens with zero attached hydrogens (tertiary/aromatic N) is 2. The summed E-state index contributed by atoms with van der Waals surface area (Å²) in [5.74, 6) is -0.604. The number of aryl methyl sites for hydroxylation is 1. The van der Waals surface area contributed by atoms with Gasteiger partial charge < -0.3 is 15.0 Å². The molecular weight excluding hydrogens is 306 g/mol. The number of hydrogen-bond acceptors (Lipinski definition) is 4. The molecule has 2 amide bonds. The third-order valence-corrected chi connectivity index (χ3v) is 4.34. The number of aliphatic hydroxyl groups excluding tert-OH is 1. The van der Waals surface area contributed by atoms with E-state index >= 15 is 0 Å². The van der Waals surface area contributed by atoms with Gasteiger partial charge in [-0.25, -0.2) is 0 Å². The summed E-state index contributed by atoms with van der Waals surface area (Å²) in [4.78, 5) is 26.2. The van der Waals surface area contributed by atoms with Gasteiger partial charge in [0.2, 0.25) is 0 Å². The molecule has 0 fully saturated rings. The van der Waals surface area contributed by atoms with E-state index in [4.69, 9.17) is 5.11 Å². The van der Waals surface area contributed by atoms with Crippen LogP contribution in [-0.2, 0) is 16.6 Å². The van der Waals surface area contributed by atoms with Gasteiger partial charge in [-0.2, -0.15) is 0 Å². The number of para-hydroxylation sites is 1. The van der Waals surface area contributed by atoms with Crippen molar-refractivity contribution in [2.24, 2.45) is 7.05 Å². The van der Waals surface area contributed by atoms with Crippen LogP contribution in [-0.4, -0.2) is 46.6 Å². The number of aromatic nitrogens is 1. The van der Waals surface area contributed by atoms with Gasteiger partial charge in [-0.05, 0) is 18.9 Å². The van der Waals surface area contributed by atoms with E-state index in [9.17, 15) is 9.59 Å². The van der Waals surface area contributed by atoms with E-state index in [1.54, 1.807) is 0 Å². The van der Waals surface area contributed by atoms with Crippen molar-refractivity contribution in [1.29, 1.82) is 0 Å². The highest BCUT2D eigenvalue weighted by Gasteiger charge is 2.37. The topological polar surface area (TPSA) is 74.6 Å². The summed E-state index contributed by atoms with van der Waals surface area (Å²) in [6.07, 6.45) is 3.27. The first kappa shape index (κ1) is 16.3. The SMILES string of the molecule is CN1C(=O)C(NCCCCO)=C(c2cn(C)c3ccccc23)C1=O. The number of hydrogen-bond donors (Lipinski definition) is 2. The first-order valence-corrected chi connectivity index (χ1v) is 8.02. The van der Waals surface area contributed by atoms with Crippen LogP contribution in [0.4, 0.5) is 0 Å². The van der Waals surface area contributed by atoms with E-state index in [-0.39, 0.29) is 18.4 Å². The maximum atomic E-state index is 12.6. The maximum absolute atomic E-state index is 12.6. The number of amides is 2. The molecule has 3 rings (SSSR count). The lowest BCUT2D eigenvalue weighted by molar-refractivity contribution is -0.135. The Bertz CT molecular complexity index is 835. The van der Waals surface area contributed by atoms with Crippen LogP contribution < -0.4 is 5.32 Å². The average Bonchev–Trinajstić information content (AvgIpc) is 3.02. The Kier molecular flexibility index (Phi) is 4.40. The molecule has 2 N–H and O–H groups in total. The third-order valence-electron chi connectivity index (χ3n) is 4.34. The highest BCUT2D eigenvalue weighted by molar-refractivity contribution is 6.36. The minimum Gasteiger partial charge on any atom is -0.396 e. The number of fused-ring (bicyclic) bond motifs is 1. The fourth-order valence-corrected chi connectivity index (χ4v) is 3.05. The maximum Gasteiger partial charge on any atom is 0.277 e. The molecule has 0 atom stereocenters. The fourth-order valence-electron chi connectivity index (χ4n) is 3.05. The lowest BCUT2D eigenvalue weighted by Gasteiger charge is -2.08. The van der Waals surface area contributed by atoms with E-state index < -0.39 is 0 Å². The summed E-state index contributed by atoms with van der Waals surface area (Å²) in [5.41, 5.74) is 2.54. The second-order valence-electron chi connectivity index (χ2n) is 5.95. The molecule has 0 saturated heterocycles. The van der Waals surface area contributed by atoms with Crippen molar-refractivity contribution < 1.29 is 14.7 Å². The molecule has 1 aromatic heterocycles. The highest BCUT2D eigenvalue weighted by Crippen LogP contribution is 2.33. The quantitative estimate of drug-likeness (QED) is 0.618. The summed E-state index contributed by atoms with van der Waals surface area (Å²) >= 11 is 0. The molecule has 1 aliphatic rings. The smallest absolute Gasteiger partial charge is 0.277 e. The number of rotatable bonds is 6. The summed E-state index contributed by atoms with van der Waals surface area (Å²) in [5, 5.41) is 12.9. The first-order valence-electron chi connectivity index (χ1n) is 8.02. The van der Waals surface area contributed by atoms with E-state index in [1.165, 1.54) is 7.05 Å². The number of unbranched alkanes of at least 4 members (excludes halogenated alkanes) is 1. The molecule has 0 radical (unpaired) electrons. The molecule has 0 aliphatic carbocycles. The first-order chi connectivity index (χ1) is 11.6.